The topological polar surface area (TPSA) is 90.0 Å². The van der Waals surface area contributed by atoms with Crippen molar-refractivity contribution in [3.05, 3.63) is 12.2 Å². The van der Waals surface area contributed by atoms with Crippen LogP contribution in [0.4, 0.5) is 0 Å². The van der Waals surface area contributed by atoms with Crippen LogP contribution < -0.4 is 5.84 Å². The summed E-state index contributed by atoms with van der Waals surface area (Å²) >= 11 is 0. The Hall–Kier alpha value is -0.460. The van der Waals surface area contributed by atoms with Gasteiger partial charge >= 0.3 is 0 Å². The Morgan fingerprint density at radius 3 is 1.75 bits per heavy atom. The van der Waals surface area contributed by atoms with E-state index in [0.717, 1.165) is 0 Å². The van der Waals surface area contributed by atoms with Crippen LogP contribution in [0.5, 0.6) is 0 Å². The van der Waals surface area contributed by atoms with Gasteiger partial charge in [-0.15, -0.1) is 0 Å². The summed E-state index contributed by atoms with van der Waals surface area (Å²) in [6, 6.07) is -0.734. The van der Waals surface area contributed by atoms with Gasteiger partial charge in [0.15, 0.2) is 0 Å². The van der Waals surface area contributed by atoms with Crippen molar-refractivity contribution in [1.82, 2.24) is 5.01 Å². The van der Waals surface area contributed by atoms with Crippen LogP contribution in [0.3, 0.4) is 0 Å². The lowest BCUT2D eigenvalue weighted by molar-refractivity contribution is -0.137. The van der Waals surface area contributed by atoms with Gasteiger partial charge in [0.2, 0.25) is 0 Å². The van der Waals surface area contributed by atoms with Crippen LogP contribution in [0.25, 0.3) is 0 Å². The highest BCUT2D eigenvalue weighted by Gasteiger charge is 2.47. The van der Waals surface area contributed by atoms with Crippen LogP contribution in [0, 0.1) is 0 Å². The predicted octanol–water partition coefficient (Wildman–Crippen LogP) is -2.43. The Kier molecular flexibility index (Phi) is 1.71. The molecule has 0 aromatic heterocycles. The minimum absolute atomic E-state index is 0.367. The summed E-state index contributed by atoms with van der Waals surface area (Å²) in [5.41, 5.74) is 0. The Morgan fingerprint density at radius 2 is 1.33 bits per heavy atom. The summed E-state index contributed by atoms with van der Waals surface area (Å²) in [5.74, 6) is 5.57. The first-order chi connectivity index (χ1) is 5.63. The molecule has 12 heavy (non-hydrogen) atoms. The minimum atomic E-state index is -1.10. The predicted molar refractivity (Wildman–Crippen MR) is 40.8 cm³/mol. The molecule has 68 valence electrons. The van der Waals surface area contributed by atoms with Crippen molar-refractivity contribution < 1.29 is 15.3 Å². The zero-order chi connectivity index (χ0) is 8.88. The highest BCUT2D eigenvalue weighted by Crippen LogP contribution is 2.28. The van der Waals surface area contributed by atoms with Gasteiger partial charge in [-0.3, -0.25) is 5.84 Å². The van der Waals surface area contributed by atoms with E-state index >= 15 is 0 Å². The lowest BCUT2D eigenvalue weighted by atomic mass is 9.95. The van der Waals surface area contributed by atoms with Crippen LogP contribution in [-0.2, 0) is 0 Å². The molecule has 1 saturated heterocycles. The van der Waals surface area contributed by atoms with Gasteiger partial charge in [-0.1, -0.05) is 12.2 Å². The molecule has 5 heteroatoms. The van der Waals surface area contributed by atoms with E-state index in [-0.39, 0.29) is 12.1 Å². The SMILES string of the molecule is NN1C2C=CC1C(O)C(O)C2O. The van der Waals surface area contributed by atoms with E-state index < -0.39 is 18.3 Å². The zero-order valence-electron chi connectivity index (χ0n) is 6.41. The number of fused-ring (bicyclic) bond motifs is 2. The molecule has 2 aliphatic rings. The molecule has 2 aliphatic heterocycles. The summed E-state index contributed by atoms with van der Waals surface area (Å²) in [6.07, 6.45) is 0.304. The van der Waals surface area contributed by atoms with Crippen molar-refractivity contribution in [2.45, 2.75) is 30.4 Å². The number of hydrogen-bond donors (Lipinski definition) is 4. The van der Waals surface area contributed by atoms with Crippen LogP contribution in [-0.4, -0.2) is 50.7 Å². The third-order valence-corrected chi connectivity index (χ3v) is 2.59. The molecule has 0 aromatic carbocycles. The first-order valence-electron chi connectivity index (χ1n) is 3.88. The number of piperidine rings is 1. The first-order valence-corrected chi connectivity index (χ1v) is 3.88. The third-order valence-electron chi connectivity index (χ3n) is 2.59. The Bertz CT molecular complexity index is 201. The number of rotatable bonds is 0. The van der Waals surface area contributed by atoms with Gasteiger partial charge in [-0.25, -0.2) is 5.01 Å². The molecule has 1 fully saturated rings. The van der Waals surface area contributed by atoms with Crippen LogP contribution >= 0.6 is 0 Å². The minimum Gasteiger partial charge on any atom is -0.388 e. The van der Waals surface area contributed by atoms with Crippen molar-refractivity contribution in [3.8, 4) is 0 Å². The fourth-order valence-electron chi connectivity index (χ4n) is 1.81. The summed E-state index contributed by atoms with van der Waals surface area (Å²) in [4.78, 5) is 0. The molecule has 0 aromatic rings. The largest absolute Gasteiger partial charge is 0.388 e. The smallest absolute Gasteiger partial charge is 0.110 e. The van der Waals surface area contributed by atoms with Gasteiger partial charge in [-0.05, 0) is 0 Å². The molecule has 0 aliphatic carbocycles. The number of aliphatic hydroxyl groups excluding tert-OH is 3. The maximum absolute atomic E-state index is 9.42. The van der Waals surface area contributed by atoms with Crippen molar-refractivity contribution >= 4 is 0 Å². The van der Waals surface area contributed by atoms with Crippen LogP contribution in [0.1, 0.15) is 0 Å². The molecule has 5 N–H and O–H groups in total. The highest BCUT2D eigenvalue weighted by atomic mass is 16.4. The molecule has 2 rings (SSSR count). The standard InChI is InChI=1S/C7H12N2O3/c8-9-3-1-2-4(9)6(11)7(12)5(3)10/h1-7,10-12H,8H2. The van der Waals surface area contributed by atoms with Gasteiger partial charge in [-0.2, -0.15) is 0 Å². The van der Waals surface area contributed by atoms with Gasteiger partial charge in [0.25, 0.3) is 0 Å². The van der Waals surface area contributed by atoms with Crippen LogP contribution in [0.2, 0.25) is 0 Å². The van der Waals surface area contributed by atoms with E-state index in [0.29, 0.717) is 0 Å². The molecule has 2 heterocycles. The van der Waals surface area contributed by atoms with Gasteiger partial charge in [0.05, 0.1) is 12.1 Å². The highest BCUT2D eigenvalue weighted by molar-refractivity contribution is 5.19. The number of nitrogens with two attached hydrogens (primary N) is 1. The van der Waals surface area contributed by atoms with E-state index in [2.05, 4.69) is 0 Å². The van der Waals surface area contributed by atoms with E-state index in [9.17, 15) is 15.3 Å². The molecule has 2 bridgehead atoms. The average molecular weight is 172 g/mol. The molecule has 4 atom stereocenters. The fourth-order valence-corrected chi connectivity index (χ4v) is 1.81. The number of hydrogen-bond acceptors (Lipinski definition) is 5. The number of aliphatic hydroxyl groups is 3. The Morgan fingerprint density at radius 1 is 0.917 bits per heavy atom. The maximum atomic E-state index is 9.42. The normalized spacial score (nSPS) is 53.2. The summed E-state index contributed by atoms with van der Waals surface area (Å²) in [5, 5.41) is 29.5. The van der Waals surface area contributed by atoms with E-state index in [1.54, 1.807) is 12.2 Å². The maximum Gasteiger partial charge on any atom is 0.110 e. The lowest BCUT2D eigenvalue weighted by Gasteiger charge is -2.40. The summed E-state index contributed by atoms with van der Waals surface area (Å²) in [6.45, 7) is 0. The van der Waals surface area contributed by atoms with E-state index in [4.69, 9.17) is 5.84 Å². The summed E-state index contributed by atoms with van der Waals surface area (Å²) < 4.78 is 0. The Labute approximate surface area is 69.7 Å². The molecule has 0 spiro atoms. The average Bonchev–Trinajstić information content (AvgIpc) is 2.38. The second-order valence-electron chi connectivity index (χ2n) is 3.29. The first kappa shape index (κ1) is 8.15. The van der Waals surface area contributed by atoms with E-state index in [1.165, 1.54) is 5.01 Å². The van der Waals surface area contributed by atoms with Crippen molar-refractivity contribution in [2.75, 3.05) is 0 Å². The zero-order valence-corrected chi connectivity index (χ0v) is 6.41. The third kappa shape index (κ3) is 0.854. The molecular weight excluding hydrogens is 160 g/mol. The quantitative estimate of drug-likeness (QED) is 0.241. The molecule has 4 unspecified atom stereocenters. The van der Waals surface area contributed by atoms with Crippen molar-refractivity contribution in [1.29, 1.82) is 0 Å². The molecule has 0 amide bonds. The molecule has 5 nitrogen and oxygen atoms in total. The number of nitrogens with zero attached hydrogens (tertiary/aromatic N) is 1. The fraction of sp³-hybridized carbons (Fsp3) is 0.714. The van der Waals surface area contributed by atoms with Gasteiger partial charge in [0.1, 0.15) is 18.3 Å². The summed E-state index contributed by atoms with van der Waals surface area (Å²) in [7, 11) is 0. The Balaban J connectivity index is 2.28. The monoisotopic (exact) mass is 172 g/mol. The molecular formula is C7H12N2O3. The second kappa shape index (κ2) is 2.51. The van der Waals surface area contributed by atoms with Crippen molar-refractivity contribution in [2.24, 2.45) is 5.84 Å². The molecule has 0 radical (unpaired) electrons. The second-order valence-corrected chi connectivity index (χ2v) is 3.29. The lowest BCUT2D eigenvalue weighted by Crippen LogP contribution is -2.64. The van der Waals surface area contributed by atoms with Gasteiger partial charge < -0.3 is 15.3 Å². The van der Waals surface area contributed by atoms with Crippen LogP contribution in [0.15, 0.2) is 12.2 Å². The number of hydrazine groups is 1. The molecule has 0 saturated carbocycles. The van der Waals surface area contributed by atoms with Crippen molar-refractivity contribution in [3.63, 3.8) is 0 Å². The van der Waals surface area contributed by atoms with E-state index in [1.807, 2.05) is 0 Å². The van der Waals surface area contributed by atoms with Gasteiger partial charge in [0, 0.05) is 0 Å².